The number of carbonyl (C=O) groups is 2. The first-order chi connectivity index (χ1) is 15.5. The summed E-state index contributed by atoms with van der Waals surface area (Å²) in [6.07, 6.45) is 1.45. The molecule has 0 atom stereocenters. The summed E-state index contributed by atoms with van der Waals surface area (Å²) in [4.78, 5) is 24.8. The third-order valence-corrected chi connectivity index (χ3v) is 4.38. The van der Waals surface area contributed by atoms with Crippen LogP contribution in [-0.4, -0.2) is 31.8 Å². The lowest BCUT2D eigenvalue weighted by atomic mass is 10.2. The van der Waals surface area contributed by atoms with Crippen molar-refractivity contribution in [2.75, 3.05) is 19.5 Å². The molecular weight excluding hydrogens is 410 g/mol. The lowest BCUT2D eigenvalue weighted by Gasteiger charge is -2.12. The fourth-order valence-electron chi connectivity index (χ4n) is 2.86. The van der Waals surface area contributed by atoms with E-state index in [1.165, 1.54) is 13.3 Å². The minimum absolute atomic E-state index is 0.251. The Labute approximate surface area is 185 Å². The van der Waals surface area contributed by atoms with Crippen molar-refractivity contribution in [3.63, 3.8) is 0 Å². The maximum atomic E-state index is 12.6. The number of nitrogen functional groups attached to an aromatic ring is 1. The smallest absolute Gasteiger partial charge is 0.347 e. The molecule has 0 heterocycles. The van der Waals surface area contributed by atoms with Crippen molar-refractivity contribution in [3.8, 4) is 17.2 Å². The quantitative estimate of drug-likeness (QED) is 0.184. The lowest BCUT2D eigenvalue weighted by Crippen LogP contribution is -2.19. The number of anilines is 1. The van der Waals surface area contributed by atoms with Crippen LogP contribution in [0.25, 0.3) is 0 Å². The maximum Gasteiger partial charge on any atom is 0.347 e. The van der Waals surface area contributed by atoms with Crippen LogP contribution in [0.5, 0.6) is 17.2 Å². The lowest BCUT2D eigenvalue weighted by molar-refractivity contribution is 0.0724. The topological polar surface area (TPSA) is 112 Å². The summed E-state index contributed by atoms with van der Waals surface area (Å²) in [5.41, 5.74) is 9.85. The Hall–Kier alpha value is -4.33. The van der Waals surface area contributed by atoms with Crippen molar-refractivity contribution in [1.82, 2.24) is 5.43 Å². The highest BCUT2D eigenvalue weighted by Gasteiger charge is 2.17. The van der Waals surface area contributed by atoms with Crippen LogP contribution in [-0.2, 0) is 0 Å². The van der Waals surface area contributed by atoms with Gasteiger partial charge >= 0.3 is 5.97 Å². The van der Waals surface area contributed by atoms with E-state index < -0.39 is 11.9 Å². The first-order valence-corrected chi connectivity index (χ1v) is 9.83. The van der Waals surface area contributed by atoms with E-state index in [9.17, 15) is 9.59 Å². The van der Waals surface area contributed by atoms with Gasteiger partial charge in [0.25, 0.3) is 5.91 Å². The van der Waals surface area contributed by atoms with Crippen LogP contribution in [0.1, 0.15) is 33.2 Å². The molecule has 0 unspecified atom stereocenters. The molecule has 3 aromatic carbocycles. The summed E-state index contributed by atoms with van der Waals surface area (Å²) in [6.45, 7) is 2.18. The molecule has 0 radical (unpaired) electrons. The number of amides is 1. The Morgan fingerprint density at radius 1 is 0.969 bits per heavy atom. The molecule has 0 saturated heterocycles. The van der Waals surface area contributed by atoms with Crippen LogP contribution in [0, 0.1) is 0 Å². The molecule has 3 N–H and O–H groups in total. The van der Waals surface area contributed by atoms with E-state index in [0.29, 0.717) is 40.5 Å². The second kappa shape index (κ2) is 10.6. The van der Waals surface area contributed by atoms with Crippen molar-refractivity contribution in [1.29, 1.82) is 0 Å². The molecule has 0 spiro atoms. The molecule has 1 amide bonds. The number of hydrogen-bond acceptors (Lipinski definition) is 7. The number of nitrogens with two attached hydrogens (primary N) is 1. The number of para-hydroxylation sites is 2. The van der Waals surface area contributed by atoms with E-state index >= 15 is 0 Å². The SMILES string of the molecule is CCOc1cc(C=NNC(=O)c2ccccc2N)ccc1OC(=O)c1ccccc1OC. The third-order valence-electron chi connectivity index (χ3n) is 4.38. The van der Waals surface area contributed by atoms with Gasteiger partial charge in [0.05, 0.1) is 25.5 Å². The van der Waals surface area contributed by atoms with E-state index in [1.54, 1.807) is 66.7 Å². The van der Waals surface area contributed by atoms with Gasteiger partial charge in [0.2, 0.25) is 0 Å². The highest BCUT2D eigenvalue weighted by Crippen LogP contribution is 2.30. The van der Waals surface area contributed by atoms with Gasteiger partial charge in [0.1, 0.15) is 11.3 Å². The average Bonchev–Trinajstić information content (AvgIpc) is 2.81. The zero-order chi connectivity index (χ0) is 22.9. The van der Waals surface area contributed by atoms with Crippen LogP contribution in [0.3, 0.4) is 0 Å². The Balaban J connectivity index is 1.74. The van der Waals surface area contributed by atoms with Gasteiger partial charge in [-0.1, -0.05) is 24.3 Å². The number of carbonyl (C=O) groups excluding carboxylic acids is 2. The van der Waals surface area contributed by atoms with Crippen LogP contribution in [0.4, 0.5) is 5.69 Å². The van der Waals surface area contributed by atoms with Gasteiger partial charge in [-0.25, -0.2) is 10.2 Å². The largest absolute Gasteiger partial charge is 0.496 e. The van der Waals surface area contributed by atoms with E-state index in [2.05, 4.69) is 10.5 Å². The fourth-order valence-corrected chi connectivity index (χ4v) is 2.86. The molecule has 0 aliphatic heterocycles. The molecule has 3 aromatic rings. The van der Waals surface area contributed by atoms with Crippen LogP contribution < -0.4 is 25.4 Å². The molecule has 32 heavy (non-hydrogen) atoms. The summed E-state index contributed by atoms with van der Waals surface area (Å²) in [5.74, 6) is 0.0256. The summed E-state index contributed by atoms with van der Waals surface area (Å²) < 4.78 is 16.3. The van der Waals surface area contributed by atoms with Crippen molar-refractivity contribution >= 4 is 23.8 Å². The first kappa shape index (κ1) is 22.4. The Kier molecular flexibility index (Phi) is 7.42. The number of hydrazone groups is 1. The molecule has 8 heteroatoms. The predicted octanol–water partition coefficient (Wildman–Crippen LogP) is 3.66. The monoisotopic (exact) mass is 433 g/mol. The van der Waals surface area contributed by atoms with Crippen molar-refractivity contribution in [2.24, 2.45) is 5.10 Å². The summed E-state index contributed by atoms with van der Waals surface area (Å²) in [6, 6.07) is 18.4. The van der Waals surface area contributed by atoms with Crippen molar-refractivity contribution in [3.05, 3.63) is 83.4 Å². The van der Waals surface area contributed by atoms with Gasteiger partial charge in [-0.15, -0.1) is 0 Å². The van der Waals surface area contributed by atoms with Crippen LogP contribution >= 0.6 is 0 Å². The van der Waals surface area contributed by atoms with Gasteiger partial charge in [-0.2, -0.15) is 5.10 Å². The Morgan fingerprint density at radius 2 is 1.69 bits per heavy atom. The third kappa shape index (κ3) is 5.42. The van der Waals surface area contributed by atoms with Crippen molar-refractivity contribution < 1.29 is 23.8 Å². The van der Waals surface area contributed by atoms with Gasteiger partial charge in [-0.3, -0.25) is 4.79 Å². The molecule has 0 aliphatic rings. The average molecular weight is 433 g/mol. The molecule has 3 rings (SSSR count). The number of benzene rings is 3. The van der Waals surface area contributed by atoms with E-state index in [0.717, 1.165) is 0 Å². The standard InChI is InChI=1S/C24H23N3O5/c1-3-31-22-14-16(15-26-27-23(28)17-8-4-6-10-19(17)25)12-13-21(22)32-24(29)18-9-5-7-11-20(18)30-2/h4-15H,3,25H2,1-2H3,(H,27,28). The number of rotatable bonds is 8. The number of esters is 1. The minimum atomic E-state index is -0.572. The fraction of sp³-hybridized carbons (Fsp3) is 0.125. The zero-order valence-corrected chi connectivity index (χ0v) is 17.7. The second-order valence-electron chi connectivity index (χ2n) is 6.52. The summed E-state index contributed by atoms with van der Waals surface area (Å²) in [7, 11) is 1.48. The molecular formula is C24H23N3O5. The van der Waals surface area contributed by atoms with Crippen LogP contribution in [0.2, 0.25) is 0 Å². The highest BCUT2D eigenvalue weighted by molar-refractivity contribution is 5.99. The molecule has 0 bridgehead atoms. The van der Waals surface area contributed by atoms with Gasteiger partial charge in [0, 0.05) is 5.69 Å². The summed E-state index contributed by atoms with van der Waals surface area (Å²) in [5, 5.41) is 3.96. The number of ether oxygens (including phenoxy) is 3. The maximum absolute atomic E-state index is 12.6. The van der Waals surface area contributed by atoms with Crippen molar-refractivity contribution in [2.45, 2.75) is 6.92 Å². The second-order valence-corrected chi connectivity index (χ2v) is 6.52. The number of nitrogens with zero attached hydrogens (tertiary/aromatic N) is 1. The van der Waals surface area contributed by atoms with Crippen LogP contribution in [0.15, 0.2) is 71.8 Å². The minimum Gasteiger partial charge on any atom is -0.496 e. The Bertz CT molecular complexity index is 1140. The molecule has 0 aromatic heterocycles. The van der Waals surface area contributed by atoms with E-state index in [-0.39, 0.29) is 5.75 Å². The number of hydrogen-bond donors (Lipinski definition) is 2. The van der Waals surface area contributed by atoms with E-state index in [1.807, 2.05) is 6.92 Å². The molecule has 0 saturated carbocycles. The highest BCUT2D eigenvalue weighted by atomic mass is 16.6. The van der Waals surface area contributed by atoms with Gasteiger partial charge in [-0.05, 0) is 55.0 Å². The zero-order valence-electron chi connectivity index (χ0n) is 17.7. The molecule has 0 fully saturated rings. The van der Waals surface area contributed by atoms with Gasteiger partial charge in [0.15, 0.2) is 11.5 Å². The first-order valence-electron chi connectivity index (χ1n) is 9.83. The molecule has 0 aliphatic carbocycles. The molecule has 8 nitrogen and oxygen atoms in total. The van der Waals surface area contributed by atoms with E-state index in [4.69, 9.17) is 19.9 Å². The number of methoxy groups -OCH3 is 1. The Morgan fingerprint density at radius 3 is 2.41 bits per heavy atom. The number of nitrogens with one attached hydrogen (secondary N) is 1. The normalized spacial score (nSPS) is 10.6. The summed E-state index contributed by atoms with van der Waals surface area (Å²) >= 11 is 0. The predicted molar refractivity (Wildman–Crippen MR) is 121 cm³/mol. The van der Waals surface area contributed by atoms with Gasteiger partial charge < -0.3 is 19.9 Å². The molecule has 164 valence electrons.